The van der Waals surface area contributed by atoms with Gasteiger partial charge in [0.25, 0.3) is 0 Å². The van der Waals surface area contributed by atoms with Crippen molar-refractivity contribution in [2.45, 2.75) is 32.2 Å². The Labute approximate surface area is 63.6 Å². The summed E-state index contributed by atoms with van der Waals surface area (Å²) >= 11 is 0. The fourth-order valence-corrected chi connectivity index (χ4v) is 0.572. The summed E-state index contributed by atoms with van der Waals surface area (Å²) in [5, 5.41) is 0. The number of allylic oxidation sites excluding steroid dienone is 1. The Morgan fingerprint density at radius 2 is 2.20 bits per heavy atom. The monoisotopic (exact) mass is 139 g/mol. The second kappa shape index (κ2) is 4.29. The van der Waals surface area contributed by atoms with Gasteiger partial charge in [0.1, 0.15) is 0 Å². The maximum Gasteiger partial charge on any atom is 0.0493 e. The van der Waals surface area contributed by atoms with E-state index in [1.54, 1.807) is 6.08 Å². The van der Waals surface area contributed by atoms with Gasteiger partial charge in [-0.2, -0.15) is 0 Å². The van der Waals surface area contributed by atoms with Crippen LogP contribution in [0.1, 0.15) is 26.7 Å². The van der Waals surface area contributed by atoms with Gasteiger partial charge in [0, 0.05) is 5.54 Å². The first-order valence-electron chi connectivity index (χ1n) is 3.72. The third-order valence-electron chi connectivity index (χ3n) is 1.37. The minimum atomic E-state index is -0.324. The van der Waals surface area contributed by atoms with Crippen LogP contribution in [0.25, 0.3) is 0 Å². The Balaban J connectivity index is 3.74. The minimum Gasteiger partial charge on any atom is -0.319 e. The summed E-state index contributed by atoms with van der Waals surface area (Å²) in [6.07, 6.45) is 8.11. The lowest BCUT2D eigenvalue weighted by Gasteiger charge is -2.12. The molecule has 0 heterocycles. The molecule has 0 spiro atoms. The van der Waals surface area contributed by atoms with Crippen LogP contribution in [0.3, 0.4) is 0 Å². The Morgan fingerprint density at radius 3 is 2.60 bits per heavy atom. The van der Waals surface area contributed by atoms with Crippen LogP contribution in [0.2, 0.25) is 0 Å². The largest absolute Gasteiger partial charge is 0.319 e. The molecule has 0 radical (unpaired) electrons. The molecule has 0 aliphatic carbocycles. The second-order valence-electron chi connectivity index (χ2n) is 2.76. The molecule has 1 atom stereocenters. The Morgan fingerprint density at radius 1 is 1.60 bits per heavy atom. The van der Waals surface area contributed by atoms with Gasteiger partial charge in [0.2, 0.25) is 0 Å². The number of rotatable bonds is 4. The Kier molecular flexibility index (Phi) is 4.05. The zero-order chi connectivity index (χ0) is 8.04. The molecular formula is C9H17N. The lowest BCUT2D eigenvalue weighted by Crippen LogP contribution is -2.30. The van der Waals surface area contributed by atoms with Crippen LogP contribution < -0.4 is 5.73 Å². The number of nitrogens with two attached hydrogens (primary N) is 1. The fraction of sp³-hybridized carbons (Fsp3) is 0.556. The smallest absolute Gasteiger partial charge is 0.0493 e. The van der Waals surface area contributed by atoms with Crippen molar-refractivity contribution in [2.75, 3.05) is 0 Å². The van der Waals surface area contributed by atoms with Crippen molar-refractivity contribution >= 4 is 0 Å². The summed E-state index contributed by atoms with van der Waals surface area (Å²) in [7, 11) is 0. The lowest BCUT2D eigenvalue weighted by molar-refractivity contribution is 0.731. The summed E-state index contributed by atoms with van der Waals surface area (Å²) in [6.45, 7) is 7.72. The molecule has 58 valence electrons. The van der Waals surface area contributed by atoms with Gasteiger partial charge < -0.3 is 5.73 Å². The highest BCUT2D eigenvalue weighted by molar-refractivity contribution is 5.11. The van der Waals surface area contributed by atoms with Gasteiger partial charge in [-0.3, -0.25) is 0 Å². The van der Waals surface area contributed by atoms with E-state index in [4.69, 9.17) is 5.73 Å². The number of unbranched alkanes of at least 4 members (excludes halogenated alkanes) is 1. The minimum absolute atomic E-state index is 0.324. The predicted octanol–water partition coefficient (Wildman–Crippen LogP) is 2.25. The molecule has 0 bridgehead atoms. The molecule has 0 aromatic rings. The van der Waals surface area contributed by atoms with Gasteiger partial charge in [-0.25, -0.2) is 0 Å². The van der Waals surface area contributed by atoms with Crippen molar-refractivity contribution in [1.29, 1.82) is 0 Å². The van der Waals surface area contributed by atoms with Crippen LogP contribution in [0.4, 0.5) is 0 Å². The molecule has 1 unspecified atom stereocenters. The van der Waals surface area contributed by atoms with E-state index in [1.165, 1.54) is 6.42 Å². The summed E-state index contributed by atoms with van der Waals surface area (Å²) in [5.41, 5.74) is 5.43. The Hall–Kier alpha value is -0.560. The first-order chi connectivity index (χ1) is 4.62. The third kappa shape index (κ3) is 4.33. The standard InChI is InChI=1S/C9H17N/c1-4-6-7-8-9(3,10)5-2/h5,7-8H,2,4,6,10H2,1,3H3/b8-7-. The van der Waals surface area contributed by atoms with E-state index in [2.05, 4.69) is 19.6 Å². The van der Waals surface area contributed by atoms with E-state index in [1.807, 2.05) is 13.0 Å². The summed E-state index contributed by atoms with van der Waals surface area (Å²) in [6, 6.07) is 0. The molecule has 0 aromatic heterocycles. The molecule has 0 rings (SSSR count). The average Bonchev–Trinajstić information content (AvgIpc) is 1.89. The average molecular weight is 139 g/mol. The summed E-state index contributed by atoms with van der Waals surface area (Å²) in [5.74, 6) is 0. The molecule has 0 saturated carbocycles. The van der Waals surface area contributed by atoms with E-state index in [-0.39, 0.29) is 5.54 Å². The summed E-state index contributed by atoms with van der Waals surface area (Å²) in [4.78, 5) is 0. The van der Waals surface area contributed by atoms with Crippen LogP contribution in [0.15, 0.2) is 24.8 Å². The zero-order valence-electron chi connectivity index (χ0n) is 6.93. The third-order valence-corrected chi connectivity index (χ3v) is 1.37. The van der Waals surface area contributed by atoms with Gasteiger partial charge in [0.05, 0.1) is 0 Å². The van der Waals surface area contributed by atoms with Crippen LogP contribution in [0, 0.1) is 0 Å². The fourth-order valence-electron chi connectivity index (χ4n) is 0.572. The van der Waals surface area contributed by atoms with Crippen molar-refractivity contribution < 1.29 is 0 Å². The van der Waals surface area contributed by atoms with Crippen LogP contribution in [-0.2, 0) is 0 Å². The molecule has 0 saturated heterocycles. The summed E-state index contributed by atoms with van der Waals surface area (Å²) < 4.78 is 0. The van der Waals surface area contributed by atoms with E-state index in [0.29, 0.717) is 0 Å². The topological polar surface area (TPSA) is 26.0 Å². The molecule has 0 fully saturated rings. The number of hydrogen-bond acceptors (Lipinski definition) is 1. The molecule has 0 aliphatic heterocycles. The van der Waals surface area contributed by atoms with E-state index in [9.17, 15) is 0 Å². The van der Waals surface area contributed by atoms with Gasteiger partial charge >= 0.3 is 0 Å². The molecule has 1 nitrogen and oxygen atoms in total. The highest BCUT2D eigenvalue weighted by Crippen LogP contribution is 2.03. The highest BCUT2D eigenvalue weighted by atomic mass is 14.7. The van der Waals surface area contributed by atoms with Crippen molar-refractivity contribution in [3.05, 3.63) is 24.8 Å². The first-order valence-corrected chi connectivity index (χ1v) is 3.72. The Bertz CT molecular complexity index is 123. The molecule has 2 N–H and O–H groups in total. The molecule has 1 heteroatoms. The van der Waals surface area contributed by atoms with Gasteiger partial charge in [0.15, 0.2) is 0 Å². The van der Waals surface area contributed by atoms with Gasteiger partial charge in [-0.05, 0) is 13.3 Å². The van der Waals surface area contributed by atoms with Crippen LogP contribution in [-0.4, -0.2) is 5.54 Å². The van der Waals surface area contributed by atoms with Crippen molar-refractivity contribution in [3.63, 3.8) is 0 Å². The van der Waals surface area contributed by atoms with Gasteiger partial charge in [-0.1, -0.05) is 31.6 Å². The molecule has 0 aliphatic rings. The van der Waals surface area contributed by atoms with Crippen LogP contribution in [0.5, 0.6) is 0 Å². The van der Waals surface area contributed by atoms with E-state index in [0.717, 1.165) is 6.42 Å². The first kappa shape index (κ1) is 9.44. The predicted molar refractivity (Wildman–Crippen MR) is 46.8 cm³/mol. The molecule has 0 amide bonds. The molecule has 0 aromatic carbocycles. The zero-order valence-corrected chi connectivity index (χ0v) is 6.93. The SMILES string of the molecule is C=CC(C)(N)/C=C\CCC. The van der Waals surface area contributed by atoms with E-state index < -0.39 is 0 Å². The van der Waals surface area contributed by atoms with Crippen molar-refractivity contribution in [2.24, 2.45) is 5.73 Å². The van der Waals surface area contributed by atoms with Gasteiger partial charge in [-0.15, -0.1) is 6.58 Å². The second-order valence-corrected chi connectivity index (χ2v) is 2.76. The maximum atomic E-state index is 5.75. The molecular weight excluding hydrogens is 122 g/mol. The quantitative estimate of drug-likeness (QED) is 0.594. The highest BCUT2D eigenvalue weighted by Gasteiger charge is 2.05. The van der Waals surface area contributed by atoms with Crippen LogP contribution >= 0.6 is 0 Å². The van der Waals surface area contributed by atoms with E-state index >= 15 is 0 Å². The molecule has 10 heavy (non-hydrogen) atoms. The maximum absolute atomic E-state index is 5.75. The van der Waals surface area contributed by atoms with Crippen molar-refractivity contribution in [1.82, 2.24) is 0 Å². The number of hydrogen-bond donors (Lipinski definition) is 1. The normalized spacial score (nSPS) is 17.1. The van der Waals surface area contributed by atoms with Crippen molar-refractivity contribution in [3.8, 4) is 0 Å². The lowest BCUT2D eigenvalue weighted by atomic mass is 10.0.